The lowest BCUT2D eigenvalue weighted by Gasteiger charge is -1.80. The molecule has 0 aliphatic carbocycles. The number of carbonyl (C=O) groups excluding carboxylic acids is 1. The van der Waals surface area contributed by atoms with Crippen LogP contribution >= 0.6 is 12.6 Å². The van der Waals surface area contributed by atoms with E-state index in [-0.39, 0.29) is 5.78 Å². The van der Waals surface area contributed by atoms with Crippen LogP contribution in [0.1, 0.15) is 13.3 Å². The fraction of sp³-hybridized carbons (Fsp3) is 0.750. The van der Waals surface area contributed by atoms with E-state index in [1.807, 2.05) is 6.92 Å². The van der Waals surface area contributed by atoms with E-state index >= 15 is 0 Å². The summed E-state index contributed by atoms with van der Waals surface area (Å²) < 4.78 is 0. The van der Waals surface area contributed by atoms with Crippen LogP contribution in [-0.4, -0.2) is 11.5 Å². The molecule has 0 aliphatic rings. The number of thiol groups is 1. The lowest BCUT2D eigenvalue weighted by molar-refractivity contribution is -0.116. The molecule has 0 fully saturated rings. The van der Waals surface area contributed by atoms with Crippen molar-refractivity contribution in [3.8, 4) is 0 Å². The minimum atomic E-state index is 0.207. The number of ketones is 1. The molecule has 0 aromatic heterocycles. The van der Waals surface area contributed by atoms with Gasteiger partial charge in [-0.25, -0.2) is 0 Å². The topological polar surface area (TPSA) is 17.1 Å². The second kappa shape index (κ2) is 3.22. The van der Waals surface area contributed by atoms with E-state index in [0.29, 0.717) is 12.2 Å². The van der Waals surface area contributed by atoms with E-state index in [2.05, 4.69) is 12.6 Å². The van der Waals surface area contributed by atoms with Crippen molar-refractivity contribution in [1.82, 2.24) is 0 Å². The van der Waals surface area contributed by atoms with Crippen LogP contribution in [0.4, 0.5) is 0 Å². The van der Waals surface area contributed by atoms with Gasteiger partial charge in [0.15, 0.2) is 0 Å². The Morgan fingerprint density at radius 1 is 1.83 bits per heavy atom. The largest absolute Gasteiger partial charge is 0.299 e. The van der Waals surface area contributed by atoms with Crippen LogP contribution < -0.4 is 0 Å². The zero-order valence-corrected chi connectivity index (χ0v) is 4.66. The predicted octanol–water partition coefficient (Wildman–Crippen LogP) is 0.895. The van der Waals surface area contributed by atoms with Gasteiger partial charge in [0.05, 0.1) is 0 Å². The third-order valence-electron chi connectivity index (χ3n) is 0.571. The predicted molar refractivity (Wildman–Crippen MR) is 29.2 cm³/mol. The molecule has 0 bridgehead atoms. The average Bonchev–Trinajstić information content (AvgIpc) is 1.65. The van der Waals surface area contributed by atoms with E-state index in [0.717, 1.165) is 0 Å². The summed E-state index contributed by atoms with van der Waals surface area (Å²) >= 11 is 3.75. The highest BCUT2D eigenvalue weighted by Gasteiger charge is 1.87. The molecule has 0 rings (SSSR count). The van der Waals surface area contributed by atoms with Gasteiger partial charge in [-0.2, -0.15) is 12.6 Å². The quantitative estimate of drug-likeness (QED) is 0.515. The number of Topliss-reactive ketones (excluding diaryl/α,β-unsaturated/α-hetero) is 1. The molecule has 0 saturated carbocycles. The summed E-state index contributed by atoms with van der Waals surface area (Å²) in [5, 5.41) is 0. The molecule has 36 valence electrons. The van der Waals surface area contributed by atoms with Crippen LogP contribution in [0.3, 0.4) is 0 Å². The minimum absolute atomic E-state index is 0.207. The maximum absolute atomic E-state index is 10.1. The molecule has 0 atom stereocenters. The molecule has 1 nitrogen and oxygen atoms in total. The van der Waals surface area contributed by atoms with Crippen molar-refractivity contribution in [2.45, 2.75) is 13.3 Å². The molecule has 6 heavy (non-hydrogen) atoms. The van der Waals surface area contributed by atoms with Crippen molar-refractivity contribution in [3.63, 3.8) is 0 Å². The Morgan fingerprint density at radius 2 is 2.33 bits per heavy atom. The third-order valence-corrected chi connectivity index (χ3v) is 0.923. The van der Waals surface area contributed by atoms with Gasteiger partial charge >= 0.3 is 0 Å². The van der Waals surface area contributed by atoms with Crippen LogP contribution in [0.25, 0.3) is 0 Å². The normalized spacial score (nSPS) is 8.33. The molecule has 0 heterocycles. The molecule has 0 aliphatic heterocycles. The molecular formula is C4H8OS. The molecule has 0 aromatic rings. The first kappa shape index (κ1) is 6.02. The summed E-state index contributed by atoms with van der Waals surface area (Å²) in [6.45, 7) is 1.83. The SMILES string of the molecule is CCC(=O)CS. The Kier molecular flexibility index (Phi) is 3.23. The lowest BCUT2D eigenvalue weighted by Crippen LogP contribution is -1.93. The van der Waals surface area contributed by atoms with Crippen molar-refractivity contribution < 1.29 is 4.79 Å². The summed E-state index contributed by atoms with van der Waals surface area (Å²) in [4.78, 5) is 10.1. The van der Waals surface area contributed by atoms with Crippen LogP contribution in [0.5, 0.6) is 0 Å². The van der Waals surface area contributed by atoms with Gasteiger partial charge in [-0.1, -0.05) is 6.92 Å². The minimum Gasteiger partial charge on any atom is -0.299 e. The molecule has 0 saturated heterocycles. The molecule has 0 spiro atoms. The average molecular weight is 104 g/mol. The first-order valence-electron chi connectivity index (χ1n) is 1.93. The van der Waals surface area contributed by atoms with Crippen LogP contribution in [0.2, 0.25) is 0 Å². The van der Waals surface area contributed by atoms with Gasteiger partial charge in [0, 0.05) is 12.2 Å². The van der Waals surface area contributed by atoms with Gasteiger partial charge < -0.3 is 0 Å². The Balaban J connectivity index is 2.99. The van der Waals surface area contributed by atoms with Gasteiger partial charge in [0.25, 0.3) is 0 Å². The fourth-order valence-electron chi connectivity index (χ4n) is 0.112. The van der Waals surface area contributed by atoms with Crippen molar-refractivity contribution >= 4 is 18.4 Å². The van der Waals surface area contributed by atoms with E-state index in [4.69, 9.17) is 0 Å². The standard InChI is InChI=1S/C4H8OS/c1-2-4(5)3-6/h6H,2-3H2,1H3. The summed E-state index contributed by atoms with van der Waals surface area (Å²) in [6, 6.07) is 0. The van der Waals surface area contributed by atoms with Gasteiger partial charge in [-0.3, -0.25) is 4.79 Å². The molecule has 0 amide bonds. The highest BCUT2D eigenvalue weighted by molar-refractivity contribution is 7.81. The number of rotatable bonds is 2. The van der Waals surface area contributed by atoms with E-state index in [9.17, 15) is 4.79 Å². The third kappa shape index (κ3) is 2.27. The van der Waals surface area contributed by atoms with Crippen LogP contribution in [-0.2, 0) is 4.79 Å². The molecule has 0 aromatic carbocycles. The Hall–Kier alpha value is 0.0200. The Bertz CT molecular complexity index is 45.5. The van der Waals surface area contributed by atoms with E-state index < -0.39 is 0 Å². The van der Waals surface area contributed by atoms with E-state index in [1.54, 1.807) is 0 Å². The fourth-order valence-corrected chi connectivity index (χ4v) is 0.335. The second-order valence-electron chi connectivity index (χ2n) is 1.05. The van der Waals surface area contributed by atoms with E-state index in [1.165, 1.54) is 0 Å². The van der Waals surface area contributed by atoms with Gasteiger partial charge in [-0.15, -0.1) is 0 Å². The summed E-state index contributed by atoms with van der Waals surface area (Å²) in [5.74, 6) is 0.592. The highest BCUT2D eigenvalue weighted by Crippen LogP contribution is 1.81. The Morgan fingerprint density at radius 3 is 2.33 bits per heavy atom. The summed E-state index contributed by atoms with van der Waals surface area (Å²) in [7, 11) is 0. The number of carbonyl (C=O) groups is 1. The van der Waals surface area contributed by atoms with Gasteiger partial charge in [0.2, 0.25) is 0 Å². The van der Waals surface area contributed by atoms with Crippen molar-refractivity contribution in [2.75, 3.05) is 5.75 Å². The van der Waals surface area contributed by atoms with Crippen molar-refractivity contribution in [3.05, 3.63) is 0 Å². The first-order chi connectivity index (χ1) is 2.81. The zero-order valence-electron chi connectivity index (χ0n) is 3.77. The Labute approximate surface area is 43.2 Å². The molecule has 0 N–H and O–H groups in total. The smallest absolute Gasteiger partial charge is 0.142 e. The maximum atomic E-state index is 10.1. The van der Waals surface area contributed by atoms with Crippen molar-refractivity contribution in [2.24, 2.45) is 0 Å². The summed E-state index contributed by atoms with van der Waals surface area (Å²) in [6.07, 6.45) is 0.615. The van der Waals surface area contributed by atoms with Crippen LogP contribution in [0, 0.1) is 0 Å². The first-order valence-corrected chi connectivity index (χ1v) is 2.57. The number of hydrogen-bond donors (Lipinski definition) is 1. The van der Waals surface area contributed by atoms with Gasteiger partial charge in [0.1, 0.15) is 5.78 Å². The van der Waals surface area contributed by atoms with Crippen molar-refractivity contribution in [1.29, 1.82) is 0 Å². The van der Waals surface area contributed by atoms with Crippen LogP contribution in [0.15, 0.2) is 0 Å². The number of hydrogen-bond acceptors (Lipinski definition) is 2. The second-order valence-corrected chi connectivity index (χ2v) is 1.37. The summed E-state index contributed by atoms with van der Waals surface area (Å²) in [5.41, 5.74) is 0. The van der Waals surface area contributed by atoms with Gasteiger partial charge in [-0.05, 0) is 0 Å². The highest BCUT2D eigenvalue weighted by atomic mass is 32.1. The molecule has 2 heteroatoms. The maximum Gasteiger partial charge on any atom is 0.142 e. The lowest BCUT2D eigenvalue weighted by atomic mass is 10.4. The zero-order chi connectivity index (χ0) is 4.99. The molecule has 0 radical (unpaired) electrons. The molecular weight excluding hydrogens is 96.1 g/mol. The molecule has 0 unspecified atom stereocenters. The monoisotopic (exact) mass is 104 g/mol.